The number of Topliss-reactive ketones (excluding diaryl/α,β-unsaturated/α-hetero) is 1. The van der Waals surface area contributed by atoms with E-state index in [4.69, 9.17) is 19.9 Å². The van der Waals surface area contributed by atoms with Gasteiger partial charge in [0.25, 0.3) is 0 Å². The Balaban J connectivity index is 1.82. The Morgan fingerprint density at radius 2 is 1.74 bits per heavy atom. The molecule has 0 saturated heterocycles. The molecule has 0 saturated carbocycles. The van der Waals surface area contributed by atoms with E-state index in [2.05, 4.69) is 4.98 Å². The molecule has 42 heavy (non-hydrogen) atoms. The van der Waals surface area contributed by atoms with Gasteiger partial charge in [-0.25, -0.2) is 13.6 Å². The van der Waals surface area contributed by atoms with Gasteiger partial charge in [0.05, 0.1) is 38.5 Å². The summed E-state index contributed by atoms with van der Waals surface area (Å²) in [5.74, 6) is -6.91. The molecule has 1 aliphatic heterocycles. The molecule has 2 aromatic carbocycles. The summed E-state index contributed by atoms with van der Waals surface area (Å²) in [5, 5.41) is 0. The number of hydrogen-bond acceptors (Lipinski definition) is 9. The van der Waals surface area contributed by atoms with Gasteiger partial charge in [0, 0.05) is 35.6 Å². The van der Waals surface area contributed by atoms with Crippen molar-refractivity contribution in [3.63, 3.8) is 0 Å². The summed E-state index contributed by atoms with van der Waals surface area (Å²) in [7, 11) is 3.84. The number of nitrogens with zero attached hydrogens (tertiary/aromatic N) is 2. The van der Waals surface area contributed by atoms with Crippen LogP contribution in [0.4, 0.5) is 14.5 Å². The topological polar surface area (TPSA) is 121 Å². The third kappa shape index (κ3) is 4.76. The molecule has 0 radical (unpaired) electrons. The van der Waals surface area contributed by atoms with Gasteiger partial charge in [0.2, 0.25) is 0 Å². The van der Waals surface area contributed by atoms with E-state index >= 15 is 4.39 Å². The quantitative estimate of drug-likeness (QED) is 0.342. The number of aromatic nitrogens is 1. The molecule has 2 heterocycles. The number of pyridine rings is 1. The Hall–Kier alpha value is -5.06. The van der Waals surface area contributed by atoms with E-state index in [-0.39, 0.29) is 34.8 Å². The first-order chi connectivity index (χ1) is 20.2. The molecule has 2 N–H and O–H groups in total. The van der Waals surface area contributed by atoms with Crippen molar-refractivity contribution in [3.05, 3.63) is 112 Å². The van der Waals surface area contributed by atoms with Gasteiger partial charge < -0.3 is 19.9 Å². The number of carbonyl (C=O) groups excluding carboxylic acids is 3. The van der Waals surface area contributed by atoms with Gasteiger partial charge in [-0.2, -0.15) is 0 Å². The van der Waals surface area contributed by atoms with Gasteiger partial charge in [-0.15, -0.1) is 0 Å². The summed E-state index contributed by atoms with van der Waals surface area (Å²) in [5.41, 5.74) is 7.59. The minimum Gasteiger partial charge on any atom is -0.497 e. The second-order valence-electron chi connectivity index (χ2n) is 9.75. The summed E-state index contributed by atoms with van der Waals surface area (Å²) < 4.78 is 44.7. The molecule has 9 nitrogen and oxygen atoms in total. The number of rotatable bonds is 6. The average molecular weight is 576 g/mol. The Labute approximate surface area is 240 Å². The Morgan fingerprint density at radius 3 is 2.33 bits per heavy atom. The Bertz CT molecular complexity index is 1620. The molecule has 3 aromatic rings. The summed E-state index contributed by atoms with van der Waals surface area (Å²) in [6.07, 6.45) is 3.00. The normalized spacial score (nSPS) is 20.3. The minimum absolute atomic E-state index is 0.00982. The van der Waals surface area contributed by atoms with Crippen molar-refractivity contribution in [1.29, 1.82) is 0 Å². The van der Waals surface area contributed by atoms with Crippen LogP contribution in [0.5, 0.6) is 5.75 Å². The van der Waals surface area contributed by atoms with Crippen LogP contribution in [-0.2, 0) is 23.9 Å². The predicted molar refractivity (Wildman–Crippen MR) is 147 cm³/mol. The van der Waals surface area contributed by atoms with Crippen LogP contribution in [0.2, 0.25) is 0 Å². The summed E-state index contributed by atoms with van der Waals surface area (Å²) in [6, 6.07) is 13.0. The lowest BCUT2D eigenvalue weighted by Crippen LogP contribution is -2.46. The van der Waals surface area contributed by atoms with E-state index in [1.807, 2.05) is 0 Å². The second kappa shape index (κ2) is 11.4. The lowest BCUT2D eigenvalue weighted by atomic mass is 9.67. The highest BCUT2D eigenvalue weighted by Crippen LogP contribution is 2.51. The summed E-state index contributed by atoms with van der Waals surface area (Å²) in [6.45, 7) is 0. The molecule has 0 amide bonds. The first-order valence-electron chi connectivity index (χ1n) is 12.9. The number of carbonyl (C=O) groups is 3. The van der Waals surface area contributed by atoms with Crippen LogP contribution in [-0.4, -0.2) is 44.0 Å². The molecule has 11 heteroatoms. The van der Waals surface area contributed by atoms with Crippen molar-refractivity contribution >= 4 is 23.4 Å². The summed E-state index contributed by atoms with van der Waals surface area (Å²) in [4.78, 5) is 46.4. The van der Waals surface area contributed by atoms with Crippen molar-refractivity contribution in [3.8, 4) is 5.75 Å². The fourth-order valence-electron chi connectivity index (χ4n) is 5.72. The second-order valence-corrected chi connectivity index (χ2v) is 9.75. The number of benzene rings is 2. The molecule has 3 atom stereocenters. The third-order valence-corrected chi connectivity index (χ3v) is 7.61. The predicted octanol–water partition coefficient (Wildman–Crippen LogP) is 4.12. The zero-order valence-electron chi connectivity index (χ0n) is 23.0. The molecule has 0 fully saturated rings. The van der Waals surface area contributed by atoms with Gasteiger partial charge in [-0.1, -0.05) is 18.2 Å². The fourth-order valence-corrected chi connectivity index (χ4v) is 5.72. The fraction of sp³-hybridized carbons (Fsp3) is 0.226. The van der Waals surface area contributed by atoms with Crippen molar-refractivity contribution < 1.29 is 37.4 Å². The van der Waals surface area contributed by atoms with Crippen molar-refractivity contribution in [2.45, 2.75) is 18.3 Å². The van der Waals surface area contributed by atoms with Crippen LogP contribution in [0.25, 0.3) is 0 Å². The number of methoxy groups -OCH3 is 3. The van der Waals surface area contributed by atoms with Crippen molar-refractivity contribution in [2.75, 3.05) is 26.2 Å². The highest BCUT2D eigenvalue weighted by molar-refractivity contribution is 6.14. The Kier molecular flexibility index (Phi) is 7.75. The number of allylic oxidation sites excluding steroid dienone is 2. The molecule has 0 unspecified atom stereocenters. The van der Waals surface area contributed by atoms with Crippen LogP contribution >= 0.6 is 0 Å². The highest BCUT2D eigenvalue weighted by Gasteiger charge is 2.51. The van der Waals surface area contributed by atoms with Crippen LogP contribution < -0.4 is 15.4 Å². The van der Waals surface area contributed by atoms with E-state index in [1.54, 1.807) is 36.4 Å². The zero-order valence-corrected chi connectivity index (χ0v) is 23.0. The molecule has 0 spiro atoms. The lowest BCUT2D eigenvalue weighted by molar-refractivity contribution is -0.150. The lowest BCUT2D eigenvalue weighted by Gasteiger charge is -2.44. The number of nitrogens with two attached hydrogens (primary N) is 1. The maximum atomic E-state index is 15.4. The molecular weight excluding hydrogens is 548 g/mol. The van der Waals surface area contributed by atoms with Crippen LogP contribution in [0.3, 0.4) is 0 Å². The number of anilines is 1. The standard InChI is InChI=1S/C31H27F2N3O6/c1-40-19-9-6-16(7-10-19)20-14-23-26(28(37)25(20)30(38)41-2)24(17-5-4-12-35-15-17)27(31(39)42-3)29(34)36(23)22-11-8-18(32)13-21(22)33/h4-13,15,20,24-25H,14,34H2,1-3H3/t20-,24+,25+/m0/s1. The number of hydrogen-bond donors (Lipinski definition) is 1. The Morgan fingerprint density at radius 1 is 1.00 bits per heavy atom. The first kappa shape index (κ1) is 28.5. The van der Waals surface area contributed by atoms with Crippen LogP contribution in [0, 0.1) is 17.6 Å². The monoisotopic (exact) mass is 575 g/mol. The maximum absolute atomic E-state index is 15.4. The number of esters is 2. The van der Waals surface area contributed by atoms with E-state index in [1.165, 1.54) is 37.6 Å². The van der Waals surface area contributed by atoms with E-state index in [0.29, 0.717) is 22.9 Å². The zero-order chi connectivity index (χ0) is 30.1. The molecule has 5 rings (SSSR count). The highest BCUT2D eigenvalue weighted by atomic mass is 19.1. The minimum atomic E-state index is -1.31. The maximum Gasteiger partial charge on any atom is 0.338 e. The molecule has 1 aromatic heterocycles. The number of ketones is 1. The molecule has 2 aliphatic rings. The molecular formula is C31H27F2N3O6. The van der Waals surface area contributed by atoms with Gasteiger partial charge in [-0.05, 0) is 47.9 Å². The number of halogens is 2. The summed E-state index contributed by atoms with van der Waals surface area (Å²) >= 11 is 0. The van der Waals surface area contributed by atoms with E-state index < -0.39 is 47.1 Å². The van der Waals surface area contributed by atoms with E-state index in [0.717, 1.165) is 13.2 Å². The van der Waals surface area contributed by atoms with Gasteiger partial charge in [0.1, 0.15) is 29.1 Å². The van der Waals surface area contributed by atoms with Gasteiger partial charge in [-0.3, -0.25) is 19.5 Å². The number of ether oxygens (including phenoxy) is 3. The van der Waals surface area contributed by atoms with E-state index in [9.17, 15) is 18.8 Å². The largest absolute Gasteiger partial charge is 0.497 e. The smallest absolute Gasteiger partial charge is 0.338 e. The van der Waals surface area contributed by atoms with Crippen molar-refractivity contribution in [1.82, 2.24) is 4.98 Å². The molecule has 216 valence electrons. The van der Waals surface area contributed by atoms with Crippen molar-refractivity contribution in [2.24, 2.45) is 11.7 Å². The van der Waals surface area contributed by atoms with Crippen LogP contribution in [0.1, 0.15) is 29.4 Å². The third-order valence-electron chi connectivity index (χ3n) is 7.61. The molecule has 0 bridgehead atoms. The van der Waals surface area contributed by atoms with Gasteiger partial charge in [0.15, 0.2) is 5.78 Å². The molecule has 1 aliphatic carbocycles. The average Bonchev–Trinajstić information content (AvgIpc) is 3.00. The first-order valence-corrected chi connectivity index (χ1v) is 12.9. The SMILES string of the molecule is COC(=O)C1=C(N)N(c2ccc(F)cc2F)C2=C(C(=O)[C@H](C(=O)OC)[C@H](c3ccc(OC)cc3)C2)[C@H]1c1cccnc1. The van der Waals surface area contributed by atoms with Crippen LogP contribution in [0.15, 0.2) is 89.7 Å². The van der Waals surface area contributed by atoms with Gasteiger partial charge >= 0.3 is 11.9 Å².